The summed E-state index contributed by atoms with van der Waals surface area (Å²) < 4.78 is 3.48. The highest BCUT2D eigenvalue weighted by Crippen LogP contribution is 2.33. The van der Waals surface area contributed by atoms with Crippen molar-refractivity contribution in [1.82, 2.24) is 40.4 Å². The number of nitrogens with zero attached hydrogens (tertiary/aromatic N) is 8. The number of thioether (sulfide) groups is 1. The molecule has 0 bridgehead atoms. The van der Waals surface area contributed by atoms with Crippen molar-refractivity contribution in [3.8, 4) is 11.4 Å². The van der Waals surface area contributed by atoms with Crippen LogP contribution in [0.15, 0.2) is 59.8 Å². The summed E-state index contributed by atoms with van der Waals surface area (Å²) in [6.07, 6.45) is 0. The average Bonchev–Trinajstić information content (AvgIpc) is 3.38. The largest absolute Gasteiger partial charge is 0.214 e. The fraction of sp³-hybridized carbons (Fsp3) is 0.263. The SMILES string of the molecule is CC(C)c1ccc(-n2nnnc2S[C@H](C)c2nnnn2-c2ccccc2)cc1. The van der Waals surface area contributed by atoms with Gasteiger partial charge >= 0.3 is 0 Å². The Kier molecular flexibility index (Phi) is 5.16. The average molecular weight is 392 g/mol. The minimum Gasteiger partial charge on any atom is -0.196 e. The molecule has 2 heterocycles. The van der Waals surface area contributed by atoms with Crippen LogP contribution in [-0.4, -0.2) is 40.4 Å². The van der Waals surface area contributed by atoms with Gasteiger partial charge in [0.2, 0.25) is 5.16 Å². The Morgan fingerprint density at radius 2 is 1.39 bits per heavy atom. The Balaban J connectivity index is 1.58. The van der Waals surface area contributed by atoms with Gasteiger partial charge in [-0.05, 0) is 63.5 Å². The molecule has 9 heteroatoms. The van der Waals surface area contributed by atoms with Crippen molar-refractivity contribution in [1.29, 1.82) is 0 Å². The lowest BCUT2D eigenvalue weighted by Gasteiger charge is -2.11. The van der Waals surface area contributed by atoms with Gasteiger partial charge in [0, 0.05) is 0 Å². The lowest BCUT2D eigenvalue weighted by molar-refractivity contribution is 0.746. The van der Waals surface area contributed by atoms with Crippen LogP contribution in [0.4, 0.5) is 0 Å². The van der Waals surface area contributed by atoms with Gasteiger partial charge in [0.05, 0.1) is 16.6 Å². The van der Waals surface area contributed by atoms with E-state index in [0.29, 0.717) is 11.1 Å². The fourth-order valence-corrected chi connectivity index (χ4v) is 3.72. The van der Waals surface area contributed by atoms with E-state index in [1.165, 1.54) is 17.3 Å². The highest BCUT2D eigenvalue weighted by molar-refractivity contribution is 7.99. The Morgan fingerprint density at radius 1 is 0.750 bits per heavy atom. The van der Waals surface area contributed by atoms with Gasteiger partial charge in [-0.1, -0.05) is 55.9 Å². The molecule has 0 aliphatic carbocycles. The number of benzene rings is 2. The van der Waals surface area contributed by atoms with Gasteiger partial charge in [0.25, 0.3) is 0 Å². The molecule has 142 valence electrons. The van der Waals surface area contributed by atoms with E-state index in [9.17, 15) is 0 Å². The van der Waals surface area contributed by atoms with E-state index in [1.54, 1.807) is 9.36 Å². The molecule has 0 amide bonds. The molecule has 1 atom stereocenters. The van der Waals surface area contributed by atoms with Gasteiger partial charge in [0.1, 0.15) is 0 Å². The van der Waals surface area contributed by atoms with Crippen molar-refractivity contribution in [3.05, 3.63) is 66.0 Å². The molecule has 2 aromatic heterocycles. The maximum absolute atomic E-state index is 4.21. The van der Waals surface area contributed by atoms with Crippen LogP contribution in [0.1, 0.15) is 43.3 Å². The normalized spacial score (nSPS) is 12.4. The van der Waals surface area contributed by atoms with E-state index < -0.39 is 0 Å². The first-order chi connectivity index (χ1) is 13.6. The van der Waals surface area contributed by atoms with E-state index in [-0.39, 0.29) is 5.25 Å². The molecule has 8 nitrogen and oxygen atoms in total. The number of rotatable bonds is 6. The van der Waals surface area contributed by atoms with Crippen LogP contribution in [0.5, 0.6) is 0 Å². The monoisotopic (exact) mass is 392 g/mol. The van der Waals surface area contributed by atoms with Gasteiger partial charge in [-0.25, -0.2) is 0 Å². The zero-order valence-electron chi connectivity index (χ0n) is 15.8. The Labute approximate surface area is 167 Å². The van der Waals surface area contributed by atoms with Crippen LogP contribution >= 0.6 is 11.8 Å². The topological polar surface area (TPSA) is 87.2 Å². The molecule has 0 spiro atoms. The van der Waals surface area contributed by atoms with Crippen LogP contribution < -0.4 is 0 Å². The van der Waals surface area contributed by atoms with Crippen LogP contribution in [0.2, 0.25) is 0 Å². The van der Waals surface area contributed by atoms with Crippen molar-refractivity contribution in [2.75, 3.05) is 0 Å². The first kappa shape index (κ1) is 18.3. The maximum Gasteiger partial charge on any atom is 0.214 e. The van der Waals surface area contributed by atoms with E-state index in [1.807, 2.05) is 49.4 Å². The molecule has 28 heavy (non-hydrogen) atoms. The molecule has 4 aromatic rings. The smallest absolute Gasteiger partial charge is 0.196 e. The summed E-state index contributed by atoms with van der Waals surface area (Å²) in [4.78, 5) is 0. The van der Waals surface area contributed by atoms with Crippen LogP contribution in [0.3, 0.4) is 0 Å². The van der Waals surface area contributed by atoms with Crippen molar-refractivity contribution < 1.29 is 0 Å². The Hall–Kier alpha value is -3.07. The van der Waals surface area contributed by atoms with Crippen molar-refractivity contribution in [2.24, 2.45) is 0 Å². The quantitative estimate of drug-likeness (QED) is 0.463. The summed E-state index contributed by atoms with van der Waals surface area (Å²) in [7, 11) is 0. The summed E-state index contributed by atoms with van der Waals surface area (Å²) in [6, 6.07) is 18.1. The number of para-hydroxylation sites is 1. The van der Waals surface area contributed by atoms with E-state index in [0.717, 1.165) is 17.2 Å². The van der Waals surface area contributed by atoms with Gasteiger partial charge in [-0.2, -0.15) is 9.36 Å². The van der Waals surface area contributed by atoms with E-state index in [2.05, 4.69) is 57.0 Å². The minimum absolute atomic E-state index is 0.0464. The van der Waals surface area contributed by atoms with Crippen LogP contribution in [0.25, 0.3) is 11.4 Å². The van der Waals surface area contributed by atoms with Crippen molar-refractivity contribution >= 4 is 11.8 Å². The maximum atomic E-state index is 4.21. The summed E-state index contributed by atoms with van der Waals surface area (Å²) >= 11 is 1.51. The van der Waals surface area contributed by atoms with Crippen LogP contribution in [-0.2, 0) is 0 Å². The van der Waals surface area contributed by atoms with E-state index in [4.69, 9.17) is 0 Å². The molecule has 0 saturated carbocycles. The molecule has 0 fully saturated rings. The van der Waals surface area contributed by atoms with Gasteiger partial charge in [-0.3, -0.25) is 0 Å². The van der Waals surface area contributed by atoms with Crippen molar-refractivity contribution in [2.45, 2.75) is 37.1 Å². The summed E-state index contributed by atoms with van der Waals surface area (Å²) in [6.45, 7) is 6.38. The first-order valence-corrected chi connectivity index (χ1v) is 9.90. The Bertz CT molecular complexity index is 1040. The number of hydrogen-bond donors (Lipinski definition) is 0. The summed E-state index contributed by atoms with van der Waals surface area (Å²) in [5.41, 5.74) is 3.12. The predicted octanol–water partition coefficient (Wildman–Crippen LogP) is 3.61. The number of hydrogen-bond acceptors (Lipinski definition) is 7. The highest BCUT2D eigenvalue weighted by Gasteiger charge is 2.20. The molecular weight excluding hydrogens is 372 g/mol. The first-order valence-electron chi connectivity index (χ1n) is 9.02. The molecule has 0 N–H and O–H groups in total. The highest BCUT2D eigenvalue weighted by atomic mass is 32.2. The fourth-order valence-electron chi connectivity index (χ4n) is 2.83. The van der Waals surface area contributed by atoms with Gasteiger partial charge in [-0.15, -0.1) is 10.2 Å². The zero-order chi connectivity index (χ0) is 19.5. The lowest BCUT2D eigenvalue weighted by Crippen LogP contribution is -2.06. The summed E-state index contributed by atoms with van der Waals surface area (Å²) in [5, 5.41) is 25.0. The molecule has 0 unspecified atom stereocenters. The zero-order valence-corrected chi connectivity index (χ0v) is 16.7. The van der Waals surface area contributed by atoms with Gasteiger partial charge < -0.3 is 0 Å². The molecule has 0 aliphatic rings. The summed E-state index contributed by atoms with van der Waals surface area (Å²) in [5.74, 6) is 1.22. The van der Waals surface area contributed by atoms with Crippen molar-refractivity contribution in [3.63, 3.8) is 0 Å². The molecule has 0 saturated heterocycles. The second-order valence-corrected chi connectivity index (χ2v) is 7.97. The molecule has 0 aliphatic heterocycles. The molecular formula is C19H20N8S. The van der Waals surface area contributed by atoms with Gasteiger partial charge in [0.15, 0.2) is 5.82 Å². The second kappa shape index (κ2) is 7.89. The molecule has 2 aromatic carbocycles. The second-order valence-electron chi connectivity index (χ2n) is 6.66. The standard InChI is InChI=1S/C19H20N8S/c1-13(2)15-9-11-17(12-10-15)27-19(21-23-25-27)28-14(3)18-20-22-24-26(18)16-7-5-4-6-8-16/h4-14H,1-3H3/t14-/m1/s1. The lowest BCUT2D eigenvalue weighted by atomic mass is 10.0. The third-order valence-corrected chi connectivity index (χ3v) is 5.42. The van der Waals surface area contributed by atoms with Crippen LogP contribution in [0, 0.1) is 0 Å². The number of tetrazole rings is 2. The third-order valence-electron chi connectivity index (χ3n) is 4.39. The Morgan fingerprint density at radius 3 is 2.11 bits per heavy atom. The number of aromatic nitrogens is 8. The minimum atomic E-state index is -0.0464. The molecule has 4 rings (SSSR count). The molecule has 0 radical (unpaired) electrons. The van der Waals surface area contributed by atoms with E-state index >= 15 is 0 Å². The predicted molar refractivity (Wildman–Crippen MR) is 107 cm³/mol. The third kappa shape index (κ3) is 3.65.